The summed E-state index contributed by atoms with van der Waals surface area (Å²) in [6, 6.07) is 14.1. The molecule has 0 aliphatic heterocycles. The van der Waals surface area contributed by atoms with Crippen LogP contribution in [0, 0.1) is 0 Å². The SMILES string of the molecule is CC(C)N(C)c1cccc2cccc(N(C)C(C)C)c12. The maximum atomic E-state index is 2.35. The van der Waals surface area contributed by atoms with Gasteiger partial charge in [-0.25, -0.2) is 0 Å². The third-order valence-corrected chi connectivity index (χ3v) is 4.17. The largest absolute Gasteiger partial charge is 0.372 e. The van der Waals surface area contributed by atoms with Crippen molar-refractivity contribution < 1.29 is 0 Å². The van der Waals surface area contributed by atoms with E-state index >= 15 is 0 Å². The van der Waals surface area contributed by atoms with Crippen LogP contribution in [0.5, 0.6) is 0 Å². The van der Waals surface area contributed by atoms with E-state index in [4.69, 9.17) is 0 Å². The molecule has 2 aromatic carbocycles. The molecule has 0 saturated carbocycles. The Balaban J connectivity index is 2.70. The molecule has 0 aromatic heterocycles. The lowest BCUT2D eigenvalue weighted by atomic mass is 10.0. The summed E-state index contributed by atoms with van der Waals surface area (Å²) in [5.74, 6) is 0. The molecule has 2 aromatic rings. The molecule has 0 radical (unpaired) electrons. The summed E-state index contributed by atoms with van der Waals surface area (Å²) in [6.07, 6.45) is 0. The summed E-state index contributed by atoms with van der Waals surface area (Å²) < 4.78 is 0. The summed E-state index contributed by atoms with van der Waals surface area (Å²) in [6.45, 7) is 8.92. The predicted octanol–water partition coefficient (Wildman–Crippen LogP) is 4.53. The second-order valence-corrected chi connectivity index (χ2v) is 6.06. The number of nitrogens with zero attached hydrogens (tertiary/aromatic N) is 2. The fraction of sp³-hybridized carbons (Fsp3) is 0.444. The van der Waals surface area contributed by atoms with Gasteiger partial charge >= 0.3 is 0 Å². The number of hydrogen-bond donors (Lipinski definition) is 0. The second-order valence-electron chi connectivity index (χ2n) is 6.06. The molecule has 0 spiro atoms. The molecule has 0 bridgehead atoms. The molecule has 0 atom stereocenters. The van der Waals surface area contributed by atoms with Crippen LogP contribution < -0.4 is 9.80 Å². The second kappa shape index (κ2) is 5.74. The molecule has 0 saturated heterocycles. The average Bonchev–Trinajstić information content (AvgIpc) is 2.44. The molecule has 2 rings (SSSR count). The first-order chi connectivity index (χ1) is 9.43. The Morgan fingerprint density at radius 3 is 1.45 bits per heavy atom. The van der Waals surface area contributed by atoms with E-state index in [1.54, 1.807) is 0 Å². The van der Waals surface area contributed by atoms with Gasteiger partial charge in [0.25, 0.3) is 0 Å². The fourth-order valence-electron chi connectivity index (χ4n) is 2.45. The Morgan fingerprint density at radius 2 is 1.10 bits per heavy atom. The Labute approximate surface area is 123 Å². The first-order valence-corrected chi connectivity index (χ1v) is 7.41. The van der Waals surface area contributed by atoms with Crippen molar-refractivity contribution in [2.45, 2.75) is 39.8 Å². The minimum absolute atomic E-state index is 0.484. The number of hydrogen-bond acceptors (Lipinski definition) is 2. The molecule has 0 amide bonds. The minimum Gasteiger partial charge on any atom is -0.372 e. The van der Waals surface area contributed by atoms with Crippen LogP contribution in [-0.4, -0.2) is 26.2 Å². The Bertz CT molecular complexity index is 538. The third-order valence-electron chi connectivity index (χ3n) is 4.17. The highest BCUT2D eigenvalue weighted by Gasteiger charge is 2.15. The molecule has 108 valence electrons. The van der Waals surface area contributed by atoms with E-state index in [1.165, 1.54) is 22.1 Å². The summed E-state index contributed by atoms with van der Waals surface area (Å²) in [7, 11) is 4.34. The molecule has 2 nitrogen and oxygen atoms in total. The molecule has 20 heavy (non-hydrogen) atoms. The smallest absolute Gasteiger partial charge is 0.0466 e. The zero-order valence-corrected chi connectivity index (χ0v) is 13.5. The molecule has 0 aliphatic rings. The van der Waals surface area contributed by atoms with E-state index in [1.807, 2.05) is 0 Å². The van der Waals surface area contributed by atoms with E-state index in [-0.39, 0.29) is 0 Å². The van der Waals surface area contributed by atoms with Gasteiger partial charge in [-0.05, 0) is 45.2 Å². The van der Waals surface area contributed by atoms with Crippen molar-refractivity contribution in [2.24, 2.45) is 0 Å². The molecule has 0 fully saturated rings. The lowest BCUT2D eigenvalue weighted by molar-refractivity contribution is 0.751. The first-order valence-electron chi connectivity index (χ1n) is 7.41. The summed E-state index contributed by atoms with van der Waals surface area (Å²) in [5.41, 5.74) is 2.61. The highest BCUT2D eigenvalue weighted by molar-refractivity contribution is 6.03. The van der Waals surface area contributed by atoms with Crippen molar-refractivity contribution in [2.75, 3.05) is 23.9 Å². The molecular formula is C18H26N2. The Hall–Kier alpha value is -1.70. The highest BCUT2D eigenvalue weighted by atomic mass is 15.1. The van der Waals surface area contributed by atoms with Crippen molar-refractivity contribution in [3.63, 3.8) is 0 Å². The molecule has 0 heterocycles. The van der Waals surface area contributed by atoms with E-state index in [0.29, 0.717) is 12.1 Å². The van der Waals surface area contributed by atoms with Gasteiger partial charge in [0.1, 0.15) is 0 Å². The topological polar surface area (TPSA) is 6.48 Å². The monoisotopic (exact) mass is 270 g/mol. The standard InChI is InChI=1S/C18H26N2/c1-13(2)19(5)16-11-7-9-15-10-8-12-17(18(15)16)20(6)14(3)4/h7-14H,1-6H3. The van der Waals surface area contributed by atoms with Crippen molar-refractivity contribution >= 4 is 22.1 Å². The lowest BCUT2D eigenvalue weighted by Crippen LogP contribution is -2.28. The van der Waals surface area contributed by atoms with Gasteiger partial charge in [-0.1, -0.05) is 24.3 Å². The number of fused-ring (bicyclic) bond motifs is 1. The van der Waals surface area contributed by atoms with Gasteiger partial charge in [0, 0.05) is 42.9 Å². The van der Waals surface area contributed by atoms with Crippen LogP contribution in [0.1, 0.15) is 27.7 Å². The van der Waals surface area contributed by atoms with Crippen LogP contribution in [0.3, 0.4) is 0 Å². The molecular weight excluding hydrogens is 244 g/mol. The van der Waals surface area contributed by atoms with E-state index in [0.717, 1.165) is 0 Å². The molecule has 0 aliphatic carbocycles. The third kappa shape index (κ3) is 2.60. The van der Waals surface area contributed by atoms with E-state index in [9.17, 15) is 0 Å². The van der Waals surface area contributed by atoms with Gasteiger partial charge in [-0.2, -0.15) is 0 Å². The normalized spacial score (nSPS) is 11.4. The van der Waals surface area contributed by atoms with Gasteiger partial charge in [0.05, 0.1) is 0 Å². The Kier molecular flexibility index (Phi) is 4.22. The molecule has 0 N–H and O–H groups in total. The lowest BCUT2D eigenvalue weighted by Gasteiger charge is -2.30. The van der Waals surface area contributed by atoms with Crippen LogP contribution >= 0.6 is 0 Å². The predicted molar refractivity (Wildman–Crippen MR) is 91.0 cm³/mol. The van der Waals surface area contributed by atoms with Crippen LogP contribution in [-0.2, 0) is 0 Å². The van der Waals surface area contributed by atoms with E-state index < -0.39 is 0 Å². The van der Waals surface area contributed by atoms with Gasteiger partial charge in [-0.3, -0.25) is 0 Å². The van der Waals surface area contributed by atoms with Crippen molar-refractivity contribution in [1.29, 1.82) is 0 Å². The zero-order valence-electron chi connectivity index (χ0n) is 13.5. The maximum Gasteiger partial charge on any atom is 0.0466 e. The molecule has 2 heteroatoms. The van der Waals surface area contributed by atoms with Crippen molar-refractivity contribution in [1.82, 2.24) is 0 Å². The fourth-order valence-corrected chi connectivity index (χ4v) is 2.45. The van der Waals surface area contributed by atoms with Crippen LogP contribution in [0.2, 0.25) is 0 Å². The maximum absolute atomic E-state index is 2.35. The van der Waals surface area contributed by atoms with Gasteiger partial charge < -0.3 is 9.80 Å². The first kappa shape index (κ1) is 14.7. The number of rotatable bonds is 4. The summed E-state index contributed by atoms with van der Waals surface area (Å²) >= 11 is 0. The van der Waals surface area contributed by atoms with Crippen LogP contribution in [0.15, 0.2) is 36.4 Å². The average molecular weight is 270 g/mol. The minimum atomic E-state index is 0.484. The van der Waals surface area contributed by atoms with Gasteiger partial charge in [0.15, 0.2) is 0 Å². The molecule has 0 unspecified atom stereocenters. The number of benzene rings is 2. The zero-order chi connectivity index (χ0) is 14.9. The quantitative estimate of drug-likeness (QED) is 0.805. The van der Waals surface area contributed by atoms with Crippen molar-refractivity contribution in [3.8, 4) is 0 Å². The Morgan fingerprint density at radius 1 is 0.700 bits per heavy atom. The van der Waals surface area contributed by atoms with Crippen molar-refractivity contribution in [3.05, 3.63) is 36.4 Å². The van der Waals surface area contributed by atoms with Crippen LogP contribution in [0.4, 0.5) is 11.4 Å². The van der Waals surface area contributed by atoms with E-state index in [2.05, 4.69) is 88.0 Å². The summed E-state index contributed by atoms with van der Waals surface area (Å²) in [5, 5.41) is 2.66. The number of anilines is 2. The van der Waals surface area contributed by atoms with Crippen LogP contribution in [0.25, 0.3) is 10.8 Å². The summed E-state index contributed by atoms with van der Waals surface area (Å²) in [4.78, 5) is 4.69. The highest BCUT2D eigenvalue weighted by Crippen LogP contribution is 2.35. The van der Waals surface area contributed by atoms with Gasteiger partial charge in [-0.15, -0.1) is 0 Å². The van der Waals surface area contributed by atoms with Gasteiger partial charge in [0.2, 0.25) is 0 Å².